The first kappa shape index (κ1) is 13.9. The number of para-hydroxylation sites is 1. The van der Waals surface area contributed by atoms with Crippen LogP contribution >= 0.6 is 0 Å². The number of carbonyl (C=O) groups is 1. The average Bonchev–Trinajstić information content (AvgIpc) is 2.44. The van der Waals surface area contributed by atoms with E-state index >= 15 is 0 Å². The predicted molar refractivity (Wildman–Crippen MR) is 75.9 cm³/mol. The quantitative estimate of drug-likeness (QED) is 0.684. The van der Waals surface area contributed by atoms with Crippen molar-refractivity contribution in [3.05, 3.63) is 47.7 Å². The second-order valence-corrected chi connectivity index (χ2v) is 4.20. The van der Waals surface area contributed by atoms with Crippen LogP contribution in [0.1, 0.15) is 22.8 Å². The van der Waals surface area contributed by atoms with E-state index in [1.807, 2.05) is 19.1 Å². The van der Waals surface area contributed by atoms with Crippen LogP contribution < -0.4 is 10.5 Å². The number of pyridine rings is 1. The molecule has 0 amide bonds. The maximum atomic E-state index is 11.5. The highest BCUT2D eigenvalue weighted by Crippen LogP contribution is 2.29. The SMILES string of the molecule is CCOC(=O)c1ccc(Oc2c(C)cccc2N)nc1. The molecule has 2 aromatic rings. The van der Waals surface area contributed by atoms with Crippen LogP contribution in [-0.2, 0) is 4.74 Å². The molecule has 1 aromatic carbocycles. The highest BCUT2D eigenvalue weighted by Gasteiger charge is 2.09. The lowest BCUT2D eigenvalue weighted by Gasteiger charge is -2.10. The maximum absolute atomic E-state index is 11.5. The molecule has 0 saturated carbocycles. The van der Waals surface area contributed by atoms with Gasteiger partial charge < -0.3 is 15.2 Å². The molecule has 0 unspecified atom stereocenters. The van der Waals surface area contributed by atoms with E-state index in [2.05, 4.69) is 4.98 Å². The van der Waals surface area contributed by atoms with E-state index in [4.69, 9.17) is 15.2 Å². The van der Waals surface area contributed by atoms with E-state index < -0.39 is 5.97 Å². The van der Waals surface area contributed by atoms with Crippen LogP contribution in [0.5, 0.6) is 11.6 Å². The lowest BCUT2D eigenvalue weighted by molar-refractivity contribution is 0.0526. The number of anilines is 1. The molecular weight excluding hydrogens is 256 g/mol. The van der Waals surface area contributed by atoms with Crippen LogP contribution in [0.3, 0.4) is 0 Å². The summed E-state index contributed by atoms with van der Waals surface area (Å²) < 4.78 is 10.5. The summed E-state index contributed by atoms with van der Waals surface area (Å²) in [7, 11) is 0. The van der Waals surface area contributed by atoms with Gasteiger partial charge in [0.2, 0.25) is 5.88 Å². The third-order valence-corrected chi connectivity index (χ3v) is 2.70. The van der Waals surface area contributed by atoms with Gasteiger partial charge in [-0.2, -0.15) is 0 Å². The molecule has 104 valence electrons. The molecule has 0 spiro atoms. The van der Waals surface area contributed by atoms with Gasteiger partial charge in [0.15, 0.2) is 5.75 Å². The first-order chi connectivity index (χ1) is 9.61. The number of aryl methyl sites for hydroxylation is 1. The van der Waals surface area contributed by atoms with Crippen molar-refractivity contribution in [2.24, 2.45) is 0 Å². The number of carbonyl (C=O) groups excluding carboxylic acids is 1. The Balaban J connectivity index is 2.17. The molecule has 1 aromatic heterocycles. The number of esters is 1. The summed E-state index contributed by atoms with van der Waals surface area (Å²) in [6.07, 6.45) is 1.42. The highest BCUT2D eigenvalue weighted by molar-refractivity contribution is 5.89. The van der Waals surface area contributed by atoms with Crippen molar-refractivity contribution in [2.45, 2.75) is 13.8 Å². The lowest BCUT2D eigenvalue weighted by Crippen LogP contribution is -2.05. The van der Waals surface area contributed by atoms with E-state index in [-0.39, 0.29) is 0 Å². The molecule has 0 aliphatic heterocycles. The number of nitrogens with two attached hydrogens (primary N) is 1. The maximum Gasteiger partial charge on any atom is 0.339 e. The number of nitrogen functional groups attached to an aromatic ring is 1. The molecule has 0 bridgehead atoms. The Morgan fingerprint density at radius 3 is 2.70 bits per heavy atom. The fraction of sp³-hybridized carbons (Fsp3) is 0.200. The summed E-state index contributed by atoms with van der Waals surface area (Å²) in [5.41, 5.74) is 7.71. The van der Waals surface area contributed by atoms with Crippen molar-refractivity contribution in [1.29, 1.82) is 0 Å². The Kier molecular flexibility index (Phi) is 4.20. The predicted octanol–water partition coefficient (Wildman–Crippen LogP) is 2.94. The fourth-order valence-corrected chi connectivity index (χ4v) is 1.69. The zero-order valence-corrected chi connectivity index (χ0v) is 11.4. The van der Waals surface area contributed by atoms with Gasteiger partial charge in [0, 0.05) is 12.3 Å². The van der Waals surface area contributed by atoms with Crippen molar-refractivity contribution in [2.75, 3.05) is 12.3 Å². The molecule has 5 nitrogen and oxygen atoms in total. The van der Waals surface area contributed by atoms with Crippen LogP contribution in [0.25, 0.3) is 0 Å². The van der Waals surface area contributed by atoms with Gasteiger partial charge in [-0.25, -0.2) is 9.78 Å². The number of hydrogen-bond donors (Lipinski definition) is 1. The molecule has 2 rings (SSSR count). The van der Waals surface area contributed by atoms with Crippen molar-refractivity contribution in [3.63, 3.8) is 0 Å². The zero-order valence-electron chi connectivity index (χ0n) is 11.4. The molecule has 0 saturated heterocycles. The lowest BCUT2D eigenvalue weighted by atomic mass is 10.2. The number of ether oxygens (including phenoxy) is 2. The summed E-state index contributed by atoms with van der Waals surface area (Å²) in [4.78, 5) is 15.6. The summed E-state index contributed by atoms with van der Waals surface area (Å²) >= 11 is 0. The second-order valence-electron chi connectivity index (χ2n) is 4.20. The molecule has 0 atom stereocenters. The van der Waals surface area contributed by atoms with Gasteiger partial charge in [-0.1, -0.05) is 12.1 Å². The van der Waals surface area contributed by atoms with Crippen LogP contribution in [-0.4, -0.2) is 17.6 Å². The average molecular weight is 272 g/mol. The Labute approximate surface area is 117 Å². The topological polar surface area (TPSA) is 74.4 Å². The van der Waals surface area contributed by atoms with Gasteiger partial charge in [0.25, 0.3) is 0 Å². The van der Waals surface area contributed by atoms with E-state index in [1.165, 1.54) is 6.20 Å². The minimum Gasteiger partial charge on any atom is -0.462 e. The monoisotopic (exact) mass is 272 g/mol. The number of aromatic nitrogens is 1. The van der Waals surface area contributed by atoms with Crippen LogP contribution in [0.15, 0.2) is 36.5 Å². The van der Waals surface area contributed by atoms with Gasteiger partial charge in [-0.05, 0) is 31.5 Å². The number of rotatable bonds is 4. The Bertz CT molecular complexity index is 589. The summed E-state index contributed by atoms with van der Waals surface area (Å²) in [5, 5.41) is 0. The van der Waals surface area contributed by atoms with Crippen molar-refractivity contribution < 1.29 is 14.3 Å². The van der Waals surface area contributed by atoms with E-state index in [9.17, 15) is 4.79 Å². The molecule has 0 radical (unpaired) electrons. The van der Waals surface area contributed by atoms with Crippen LogP contribution in [0, 0.1) is 6.92 Å². The standard InChI is InChI=1S/C15H16N2O3/c1-3-19-15(18)11-7-8-13(17-9-11)20-14-10(2)5-4-6-12(14)16/h4-9H,3,16H2,1-2H3. The van der Waals surface area contributed by atoms with Crippen molar-refractivity contribution in [3.8, 4) is 11.6 Å². The van der Waals surface area contributed by atoms with E-state index in [0.29, 0.717) is 29.5 Å². The number of hydrogen-bond acceptors (Lipinski definition) is 5. The Morgan fingerprint density at radius 2 is 2.10 bits per heavy atom. The fourth-order valence-electron chi connectivity index (χ4n) is 1.69. The minimum atomic E-state index is -0.401. The first-order valence-electron chi connectivity index (χ1n) is 6.28. The van der Waals surface area contributed by atoms with E-state index in [0.717, 1.165) is 5.56 Å². The molecule has 2 N–H and O–H groups in total. The summed E-state index contributed by atoms with van der Waals surface area (Å²) in [6.45, 7) is 3.99. The zero-order chi connectivity index (χ0) is 14.5. The van der Waals surface area contributed by atoms with Gasteiger partial charge >= 0.3 is 5.97 Å². The second kappa shape index (κ2) is 6.06. The highest BCUT2D eigenvalue weighted by atomic mass is 16.5. The van der Waals surface area contributed by atoms with Crippen molar-refractivity contribution in [1.82, 2.24) is 4.98 Å². The molecule has 20 heavy (non-hydrogen) atoms. The molecule has 5 heteroatoms. The summed E-state index contributed by atoms with van der Waals surface area (Å²) in [6, 6.07) is 8.73. The largest absolute Gasteiger partial charge is 0.462 e. The van der Waals surface area contributed by atoms with Crippen LogP contribution in [0.4, 0.5) is 5.69 Å². The molecular formula is C15H16N2O3. The smallest absolute Gasteiger partial charge is 0.339 e. The van der Waals surface area contributed by atoms with Gasteiger partial charge in [0.1, 0.15) is 0 Å². The van der Waals surface area contributed by atoms with Gasteiger partial charge in [0.05, 0.1) is 17.9 Å². The van der Waals surface area contributed by atoms with Crippen LogP contribution in [0.2, 0.25) is 0 Å². The molecule has 0 aliphatic carbocycles. The number of benzene rings is 1. The normalized spacial score (nSPS) is 10.1. The number of nitrogens with zero attached hydrogens (tertiary/aromatic N) is 1. The van der Waals surface area contributed by atoms with Gasteiger partial charge in [-0.3, -0.25) is 0 Å². The van der Waals surface area contributed by atoms with Gasteiger partial charge in [-0.15, -0.1) is 0 Å². The summed E-state index contributed by atoms with van der Waals surface area (Å²) in [5.74, 6) is 0.546. The van der Waals surface area contributed by atoms with E-state index in [1.54, 1.807) is 25.1 Å². The Hall–Kier alpha value is -2.56. The Morgan fingerprint density at radius 1 is 1.30 bits per heavy atom. The molecule has 0 aliphatic rings. The third kappa shape index (κ3) is 3.06. The molecule has 1 heterocycles. The third-order valence-electron chi connectivity index (χ3n) is 2.70. The first-order valence-corrected chi connectivity index (χ1v) is 6.28. The minimum absolute atomic E-state index is 0.330. The molecule has 0 fully saturated rings. The van der Waals surface area contributed by atoms with Crippen molar-refractivity contribution >= 4 is 11.7 Å².